The first-order chi connectivity index (χ1) is 9.25. The van der Waals surface area contributed by atoms with Crippen LogP contribution in [0.25, 0.3) is 0 Å². The first-order valence-electron chi connectivity index (χ1n) is 7.00. The largest absolute Gasteiger partial charge is 0.390 e. The van der Waals surface area contributed by atoms with Crippen molar-refractivity contribution in [2.45, 2.75) is 43.3 Å². The standard InChI is InChI=1S/C12H20O6/c1-12-6-16-10(5-18-12)11(12)17-7-14-4-9-8(13)2-3-15-9/h8-11,13H,2-7H2,1H3/t8-,9+,10-,11-,12-/m0/s1/i1D. The van der Waals surface area contributed by atoms with Gasteiger partial charge in [-0.2, -0.15) is 0 Å². The van der Waals surface area contributed by atoms with Crippen LogP contribution in [0, 0.1) is 0 Å². The molecule has 0 aromatic heterocycles. The molecule has 0 aromatic rings. The van der Waals surface area contributed by atoms with E-state index in [4.69, 9.17) is 25.1 Å². The average Bonchev–Trinajstić information content (AvgIpc) is 3.09. The molecule has 3 aliphatic rings. The molecule has 6 heteroatoms. The van der Waals surface area contributed by atoms with Gasteiger partial charge in [0.1, 0.15) is 30.7 Å². The molecule has 0 aliphatic carbocycles. The van der Waals surface area contributed by atoms with Gasteiger partial charge >= 0.3 is 0 Å². The van der Waals surface area contributed by atoms with Crippen molar-refractivity contribution in [2.75, 3.05) is 33.2 Å². The number of rotatable bonds is 5. The van der Waals surface area contributed by atoms with Crippen LogP contribution in [0.15, 0.2) is 0 Å². The average molecular weight is 261 g/mol. The van der Waals surface area contributed by atoms with Gasteiger partial charge in [0, 0.05) is 7.98 Å². The Labute approximate surface area is 108 Å². The van der Waals surface area contributed by atoms with Crippen LogP contribution in [0.5, 0.6) is 0 Å². The molecule has 6 nitrogen and oxygen atoms in total. The van der Waals surface area contributed by atoms with Crippen LogP contribution < -0.4 is 0 Å². The molecule has 0 saturated carbocycles. The van der Waals surface area contributed by atoms with Crippen LogP contribution >= 0.6 is 0 Å². The van der Waals surface area contributed by atoms with Crippen molar-refractivity contribution in [1.29, 1.82) is 0 Å². The molecule has 3 saturated heterocycles. The molecule has 3 heterocycles. The van der Waals surface area contributed by atoms with Gasteiger partial charge in [-0.05, 0) is 13.3 Å². The minimum atomic E-state index is -0.628. The molecule has 3 fully saturated rings. The fourth-order valence-electron chi connectivity index (χ4n) is 2.61. The van der Waals surface area contributed by atoms with Crippen LogP contribution in [0.1, 0.15) is 14.7 Å². The van der Waals surface area contributed by atoms with Gasteiger partial charge in [-0.15, -0.1) is 0 Å². The Morgan fingerprint density at radius 2 is 2.44 bits per heavy atom. The number of fused-ring (bicyclic) bond motifs is 2. The zero-order valence-electron chi connectivity index (χ0n) is 11.2. The Bertz CT molecular complexity index is 307. The Kier molecular flexibility index (Phi) is 3.24. The lowest BCUT2D eigenvalue weighted by Gasteiger charge is -2.24. The van der Waals surface area contributed by atoms with Gasteiger partial charge < -0.3 is 28.8 Å². The zero-order chi connectivity index (χ0) is 13.3. The number of ether oxygens (including phenoxy) is 5. The first kappa shape index (κ1) is 11.6. The lowest BCUT2D eigenvalue weighted by molar-refractivity contribution is -0.142. The fourth-order valence-corrected chi connectivity index (χ4v) is 2.61. The molecule has 1 N–H and O–H groups in total. The van der Waals surface area contributed by atoms with E-state index in [1.165, 1.54) is 0 Å². The van der Waals surface area contributed by atoms with E-state index in [-0.39, 0.29) is 32.0 Å². The number of hydrogen-bond donors (Lipinski definition) is 1. The van der Waals surface area contributed by atoms with Gasteiger partial charge in [-0.25, -0.2) is 0 Å². The molecule has 2 bridgehead atoms. The summed E-state index contributed by atoms with van der Waals surface area (Å²) in [6.45, 7) is 2.00. The van der Waals surface area contributed by atoms with Crippen molar-refractivity contribution in [2.24, 2.45) is 0 Å². The minimum Gasteiger partial charge on any atom is -0.390 e. The summed E-state index contributed by atoms with van der Waals surface area (Å²) in [5.41, 5.74) is -0.628. The lowest BCUT2D eigenvalue weighted by Crippen LogP contribution is -2.39. The molecule has 0 radical (unpaired) electrons. The SMILES string of the molecule is [2H]C[C@@]12CO[C@@H](CO1)[C@@H]2OCOC[C@H]1OCC[C@@H]1O. The van der Waals surface area contributed by atoms with Crippen molar-refractivity contribution in [3.8, 4) is 0 Å². The molecule has 3 rings (SSSR count). The third-order valence-corrected chi connectivity index (χ3v) is 3.72. The second kappa shape index (κ2) is 5.03. The smallest absolute Gasteiger partial charge is 0.147 e. The van der Waals surface area contributed by atoms with Gasteiger partial charge in [-0.3, -0.25) is 0 Å². The lowest BCUT2D eigenvalue weighted by atomic mass is 10.0. The van der Waals surface area contributed by atoms with Crippen LogP contribution in [0.3, 0.4) is 0 Å². The second-order valence-electron chi connectivity index (χ2n) is 5.07. The monoisotopic (exact) mass is 261 g/mol. The predicted molar refractivity (Wildman–Crippen MR) is 60.2 cm³/mol. The van der Waals surface area contributed by atoms with Crippen molar-refractivity contribution < 1.29 is 30.2 Å². The Morgan fingerprint density at radius 1 is 1.50 bits per heavy atom. The summed E-state index contributed by atoms with van der Waals surface area (Å²) in [6, 6.07) is 0. The normalized spacial score (nSPS) is 47.7. The van der Waals surface area contributed by atoms with Gasteiger partial charge in [0.15, 0.2) is 0 Å². The quantitative estimate of drug-likeness (QED) is 0.540. The van der Waals surface area contributed by atoms with E-state index >= 15 is 0 Å². The van der Waals surface area contributed by atoms with Crippen molar-refractivity contribution in [1.82, 2.24) is 0 Å². The van der Waals surface area contributed by atoms with Crippen molar-refractivity contribution >= 4 is 0 Å². The molecular formula is C12H20O6. The maximum Gasteiger partial charge on any atom is 0.147 e. The van der Waals surface area contributed by atoms with E-state index in [1.807, 2.05) is 0 Å². The Morgan fingerprint density at radius 3 is 3.11 bits per heavy atom. The van der Waals surface area contributed by atoms with Gasteiger partial charge in [0.25, 0.3) is 0 Å². The van der Waals surface area contributed by atoms with Crippen LogP contribution in [-0.2, 0) is 23.7 Å². The second-order valence-corrected chi connectivity index (χ2v) is 5.07. The highest BCUT2D eigenvalue weighted by molar-refractivity contribution is 5.01. The maximum atomic E-state index is 9.56. The van der Waals surface area contributed by atoms with Gasteiger partial charge in [-0.1, -0.05) is 0 Å². The molecule has 0 unspecified atom stereocenters. The highest BCUT2D eigenvalue weighted by Crippen LogP contribution is 2.37. The van der Waals surface area contributed by atoms with E-state index in [2.05, 4.69) is 0 Å². The summed E-state index contributed by atoms with van der Waals surface area (Å²) < 4.78 is 35.0. The summed E-state index contributed by atoms with van der Waals surface area (Å²) >= 11 is 0. The van der Waals surface area contributed by atoms with Crippen LogP contribution in [-0.4, -0.2) is 68.3 Å². The Hall–Kier alpha value is -0.240. The summed E-state index contributed by atoms with van der Waals surface area (Å²) in [5.74, 6) is 0. The highest BCUT2D eigenvalue weighted by Gasteiger charge is 2.54. The summed E-state index contributed by atoms with van der Waals surface area (Å²) in [6.07, 6.45) is -0.388. The molecule has 18 heavy (non-hydrogen) atoms. The molecule has 0 amide bonds. The topological polar surface area (TPSA) is 66.4 Å². The first-order valence-corrected chi connectivity index (χ1v) is 6.29. The molecule has 0 spiro atoms. The summed E-state index contributed by atoms with van der Waals surface area (Å²) in [5, 5.41) is 9.56. The maximum absolute atomic E-state index is 9.56. The van der Waals surface area contributed by atoms with Crippen molar-refractivity contribution in [3.63, 3.8) is 0 Å². The molecular weight excluding hydrogens is 240 g/mol. The van der Waals surface area contributed by atoms with E-state index in [9.17, 15) is 5.11 Å². The number of aliphatic hydroxyl groups is 1. The minimum absolute atomic E-state index is 0.0951. The third kappa shape index (κ3) is 2.29. The number of aliphatic hydroxyl groups excluding tert-OH is 1. The summed E-state index contributed by atoms with van der Waals surface area (Å²) in [4.78, 5) is 0. The van der Waals surface area contributed by atoms with E-state index < -0.39 is 11.7 Å². The predicted octanol–water partition coefficient (Wildman–Crippen LogP) is -0.317. The van der Waals surface area contributed by atoms with Gasteiger partial charge in [0.2, 0.25) is 0 Å². The molecule has 5 atom stereocenters. The Balaban J connectivity index is 1.41. The van der Waals surface area contributed by atoms with E-state index in [1.54, 1.807) is 0 Å². The third-order valence-electron chi connectivity index (χ3n) is 3.72. The zero-order valence-corrected chi connectivity index (χ0v) is 10.2. The van der Waals surface area contributed by atoms with E-state index in [0.717, 1.165) is 0 Å². The van der Waals surface area contributed by atoms with Crippen LogP contribution in [0.4, 0.5) is 0 Å². The van der Waals surface area contributed by atoms with Gasteiger partial charge in [0.05, 0.1) is 25.9 Å². The van der Waals surface area contributed by atoms with Crippen LogP contribution in [0.2, 0.25) is 0 Å². The van der Waals surface area contributed by atoms with E-state index in [0.29, 0.717) is 32.8 Å². The molecule has 104 valence electrons. The van der Waals surface area contributed by atoms with Crippen molar-refractivity contribution in [3.05, 3.63) is 0 Å². The fraction of sp³-hybridized carbons (Fsp3) is 1.00. The summed E-state index contributed by atoms with van der Waals surface area (Å²) in [7, 11) is 0. The number of hydrogen-bond acceptors (Lipinski definition) is 6. The molecule has 0 aromatic carbocycles. The molecule has 3 aliphatic heterocycles. The highest BCUT2D eigenvalue weighted by atomic mass is 16.7.